The zero-order valence-corrected chi connectivity index (χ0v) is 15.1. The highest BCUT2D eigenvalue weighted by Crippen LogP contribution is 2.41. The lowest BCUT2D eigenvalue weighted by molar-refractivity contribution is -0.143. The van der Waals surface area contributed by atoms with Gasteiger partial charge in [0.2, 0.25) is 0 Å². The zero-order chi connectivity index (χ0) is 16.4. The van der Waals surface area contributed by atoms with Crippen molar-refractivity contribution in [1.82, 2.24) is 14.8 Å². The second kappa shape index (κ2) is 7.10. The molecule has 0 saturated carbocycles. The fourth-order valence-corrected chi connectivity index (χ4v) is 5.04. The molecule has 4 rings (SSSR count). The molecule has 0 N–H and O–H groups in total. The minimum absolute atomic E-state index is 0.154. The third kappa shape index (κ3) is 3.51. The number of hydrogen-bond acceptors (Lipinski definition) is 5. The molecule has 1 atom stereocenters. The van der Waals surface area contributed by atoms with Gasteiger partial charge in [-0.2, -0.15) is 0 Å². The van der Waals surface area contributed by atoms with Crippen molar-refractivity contribution >= 4 is 17.2 Å². The van der Waals surface area contributed by atoms with E-state index >= 15 is 0 Å². The number of thiazole rings is 1. The van der Waals surface area contributed by atoms with E-state index in [0.717, 1.165) is 51.9 Å². The van der Waals surface area contributed by atoms with Crippen LogP contribution < -0.4 is 0 Å². The van der Waals surface area contributed by atoms with E-state index in [1.54, 1.807) is 11.3 Å². The molecule has 0 radical (unpaired) electrons. The van der Waals surface area contributed by atoms with Gasteiger partial charge in [-0.05, 0) is 57.0 Å². The van der Waals surface area contributed by atoms with E-state index in [1.807, 2.05) is 6.20 Å². The smallest absolute Gasteiger partial charge is 0.251 e. The highest BCUT2D eigenvalue weighted by Gasteiger charge is 2.40. The lowest BCUT2D eigenvalue weighted by atomic mass is 9.71. The standard InChI is InChI=1S/C18H27N3O2S/c22-17(15-2-1-12-23-15)21-10-5-18(6-11-21)3-8-20(9-4-18)14-16-19-7-13-24-16/h7,13,15H,1-6,8-12,14H2/t15-/m1/s1. The number of aromatic nitrogens is 1. The van der Waals surface area contributed by atoms with Gasteiger partial charge in [0.15, 0.2) is 0 Å². The van der Waals surface area contributed by atoms with Crippen molar-refractivity contribution in [3.63, 3.8) is 0 Å². The number of likely N-dealkylation sites (tertiary alicyclic amines) is 2. The first-order chi connectivity index (χ1) is 11.7. The molecule has 1 spiro atoms. The molecule has 3 aliphatic rings. The Morgan fingerprint density at radius 2 is 2.00 bits per heavy atom. The van der Waals surface area contributed by atoms with Crippen LogP contribution in [0.5, 0.6) is 0 Å². The lowest BCUT2D eigenvalue weighted by Gasteiger charge is -2.47. The minimum Gasteiger partial charge on any atom is -0.368 e. The summed E-state index contributed by atoms with van der Waals surface area (Å²) in [6.45, 7) is 5.93. The maximum atomic E-state index is 12.5. The number of ether oxygens (including phenoxy) is 1. The van der Waals surface area contributed by atoms with Crippen molar-refractivity contribution in [2.75, 3.05) is 32.8 Å². The summed E-state index contributed by atoms with van der Waals surface area (Å²) < 4.78 is 5.57. The first-order valence-corrected chi connectivity index (χ1v) is 10.1. The summed E-state index contributed by atoms with van der Waals surface area (Å²) in [6.07, 6.45) is 8.54. The van der Waals surface area contributed by atoms with Crippen LogP contribution >= 0.6 is 11.3 Å². The molecule has 3 saturated heterocycles. The number of hydrogen-bond donors (Lipinski definition) is 0. The van der Waals surface area contributed by atoms with E-state index in [1.165, 1.54) is 30.9 Å². The van der Waals surface area contributed by atoms with Crippen LogP contribution in [-0.4, -0.2) is 59.6 Å². The molecule has 1 aromatic heterocycles. The van der Waals surface area contributed by atoms with Gasteiger partial charge >= 0.3 is 0 Å². The molecule has 0 aromatic carbocycles. The van der Waals surface area contributed by atoms with Gasteiger partial charge < -0.3 is 9.64 Å². The molecular weight excluding hydrogens is 322 g/mol. The Balaban J connectivity index is 1.26. The summed E-state index contributed by atoms with van der Waals surface area (Å²) in [5.41, 5.74) is 0.465. The van der Waals surface area contributed by atoms with Gasteiger partial charge in [0, 0.05) is 31.3 Å². The fraction of sp³-hybridized carbons (Fsp3) is 0.778. The predicted octanol–water partition coefficient (Wildman–Crippen LogP) is 2.53. The number of piperidine rings is 2. The van der Waals surface area contributed by atoms with Gasteiger partial charge in [-0.3, -0.25) is 9.69 Å². The summed E-state index contributed by atoms with van der Waals surface area (Å²) in [4.78, 5) is 21.5. The Labute approximate surface area is 148 Å². The van der Waals surface area contributed by atoms with Crippen molar-refractivity contribution in [1.29, 1.82) is 0 Å². The number of amides is 1. The van der Waals surface area contributed by atoms with Crippen LogP contribution in [0.25, 0.3) is 0 Å². The quantitative estimate of drug-likeness (QED) is 0.841. The molecule has 5 nitrogen and oxygen atoms in total. The molecular formula is C18H27N3O2S. The Kier molecular flexibility index (Phi) is 4.88. The number of carbonyl (C=O) groups is 1. The largest absolute Gasteiger partial charge is 0.368 e. The van der Waals surface area contributed by atoms with E-state index in [0.29, 0.717) is 5.41 Å². The molecule has 3 aliphatic heterocycles. The minimum atomic E-state index is -0.154. The van der Waals surface area contributed by atoms with Gasteiger partial charge in [-0.15, -0.1) is 11.3 Å². The summed E-state index contributed by atoms with van der Waals surface area (Å²) >= 11 is 1.75. The molecule has 3 fully saturated rings. The number of carbonyl (C=O) groups excluding carboxylic acids is 1. The molecule has 0 unspecified atom stereocenters. The maximum absolute atomic E-state index is 12.5. The maximum Gasteiger partial charge on any atom is 0.251 e. The molecule has 1 aromatic rings. The molecule has 1 amide bonds. The molecule has 0 aliphatic carbocycles. The molecule has 6 heteroatoms. The Morgan fingerprint density at radius 3 is 2.62 bits per heavy atom. The summed E-state index contributed by atoms with van der Waals surface area (Å²) in [5, 5.41) is 3.28. The van der Waals surface area contributed by atoms with E-state index < -0.39 is 0 Å². The fourth-order valence-electron chi connectivity index (χ4n) is 4.39. The SMILES string of the molecule is O=C([C@H]1CCCO1)N1CCC2(CCN(Cc3nccs3)CC2)CC1. The van der Waals surface area contributed by atoms with Crippen molar-refractivity contribution in [2.45, 2.75) is 51.2 Å². The molecule has 4 heterocycles. The van der Waals surface area contributed by atoms with Crippen molar-refractivity contribution in [2.24, 2.45) is 5.41 Å². The average molecular weight is 350 g/mol. The molecule has 24 heavy (non-hydrogen) atoms. The van der Waals surface area contributed by atoms with Gasteiger partial charge in [-0.25, -0.2) is 4.98 Å². The molecule has 132 valence electrons. The summed E-state index contributed by atoms with van der Waals surface area (Å²) in [6, 6.07) is 0. The number of rotatable bonds is 3. The average Bonchev–Trinajstić information content (AvgIpc) is 3.31. The third-order valence-electron chi connectivity index (χ3n) is 6.10. The Morgan fingerprint density at radius 1 is 1.25 bits per heavy atom. The highest BCUT2D eigenvalue weighted by atomic mass is 32.1. The lowest BCUT2D eigenvalue weighted by Crippen LogP contribution is -2.50. The summed E-state index contributed by atoms with van der Waals surface area (Å²) in [5.74, 6) is 0.239. The van der Waals surface area contributed by atoms with Gasteiger partial charge in [-0.1, -0.05) is 0 Å². The van der Waals surface area contributed by atoms with Crippen molar-refractivity contribution in [3.05, 3.63) is 16.6 Å². The van der Waals surface area contributed by atoms with E-state index in [9.17, 15) is 4.79 Å². The second-order valence-corrected chi connectivity index (χ2v) is 8.51. The monoisotopic (exact) mass is 349 g/mol. The summed E-state index contributed by atoms with van der Waals surface area (Å²) in [7, 11) is 0. The van der Waals surface area contributed by atoms with Gasteiger partial charge in [0.25, 0.3) is 5.91 Å². The van der Waals surface area contributed by atoms with E-state index in [-0.39, 0.29) is 12.0 Å². The van der Waals surface area contributed by atoms with Crippen LogP contribution in [0.15, 0.2) is 11.6 Å². The first-order valence-electron chi connectivity index (χ1n) is 9.25. The second-order valence-electron chi connectivity index (χ2n) is 7.53. The Bertz CT molecular complexity index is 539. The topological polar surface area (TPSA) is 45.7 Å². The van der Waals surface area contributed by atoms with Crippen LogP contribution in [0.4, 0.5) is 0 Å². The first kappa shape index (κ1) is 16.5. The van der Waals surface area contributed by atoms with Crippen LogP contribution in [0, 0.1) is 5.41 Å². The van der Waals surface area contributed by atoms with E-state index in [4.69, 9.17) is 4.74 Å². The Hall–Kier alpha value is -0.980. The normalized spacial score (nSPS) is 27.7. The van der Waals surface area contributed by atoms with Gasteiger partial charge in [0.1, 0.15) is 11.1 Å². The highest BCUT2D eigenvalue weighted by molar-refractivity contribution is 7.09. The van der Waals surface area contributed by atoms with Crippen molar-refractivity contribution in [3.8, 4) is 0 Å². The van der Waals surface area contributed by atoms with Crippen LogP contribution in [0.1, 0.15) is 43.5 Å². The van der Waals surface area contributed by atoms with Crippen LogP contribution in [0.3, 0.4) is 0 Å². The van der Waals surface area contributed by atoms with Gasteiger partial charge in [0.05, 0.1) is 6.54 Å². The third-order valence-corrected chi connectivity index (χ3v) is 6.86. The molecule has 0 bridgehead atoms. The van der Waals surface area contributed by atoms with Crippen LogP contribution in [-0.2, 0) is 16.1 Å². The zero-order valence-electron chi connectivity index (χ0n) is 14.3. The van der Waals surface area contributed by atoms with Crippen molar-refractivity contribution < 1.29 is 9.53 Å². The predicted molar refractivity (Wildman–Crippen MR) is 93.8 cm³/mol. The van der Waals surface area contributed by atoms with E-state index in [2.05, 4.69) is 20.2 Å². The number of nitrogens with zero attached hydrogens (tertiary/aromatic N) is 3. The van der Waals surface area contributed by atoms with Crippen LogP contribution in [0.2, 0.25) is 0 Å².